The molecule has 1 aliphatic heterocycles. The quantitative estimate of drug-likeness (QED) is 0.777. The third kappa shape index (κ3) is 4.79. The van der Waals surface area contributed by atoms with E-state index in [1.807, 2.05) is 54.3 Å². The van der Waals surface area contributed by atoms with Gasteiger partial charge in [-0.3, -0.25) is 9.59 Å². The lowest BCUT2D eigenvalue weighted by molar-refractivity contribution is -0.140. The van der Waals surface area contributed by atoms with Gasteiger partial charge < -0.3 is 16.0 Å². The molecule has 2 aromatic rings. The Bertz CT molecular complexity index is 914. The summed E-state index contributed by atoms with van der Waals surface area (Å²) in [5, 5.41) is 5.32. The highest BCUT2D eigenvalue weighted by molar-refractivity contribution is 5.98. The van der Waals surface area contributed by atoms with Crippen molar-refractivity contribution in [2.75, 3.05) is 13.1 Å². The lowest BCUT2D eigenvalue weighted by atomic mass is 9.74. The molecule has 2 aromatic carbocycles. The fourth-order valence-corrected chi connectivity index (χ4v) is 4.88. The summed E-state index contributed by atoms with van der Waals surface area (Å²) in [7, 11) is 0. The van der Waals surface area contributed by atoms with E-state index in [0.717, 1.165) is 55.8 Å². The van der Waals surface area contributed by atoms with Crippen LogP contribution in [0.5, 0.6) is 0 Å². The minimum atomic E-state index is -0.420. The Labute approximate surface area is 184 Å². The first-order valence-corrected chi connectivity index (χ1v) is 10.8. The average Bonchev–Trinajstić information content (AvgIpc) is 2.73. The van der Waals surface area contributed by atoms with Crippen molar-refractivity contribution in [1.82, 2.24) is 10.2 Å². The van der Waals surface area contributed by atoms with Crippen LogP contribution in [0.3, 0.4) is 0 Å². The molecule has 3 N–H and O–H groups in total. The monoisotopic (exact) mass is 429 g/mol. The molecule has 30 heavy (non-hydrogen) atoms. The molecule has 4 rings (SSSR count). The Morgan fingerprint density at radius 2 is 1.83 bits per heavy atom. The van der Waals surface area contributed by atoms with E-state index in [0.29, 0.717) is 12.1 Å². The molecule has 3 unspecified atom stereocenters. The smallest absolute Gasteiger partial charge is 0.251 e. The molecule has 2 aliphatic rings. The molecule has 1 heterocycles. The fraction of sp³-hybridized carbons (Fsp3) is 0.500. The van der Waals surface area contributed by atoms with Gasteiger partial charge in [0.15, 0.2) is 0 Å². The van der Waals surface area contributed by atoms with Crippen molar-refractivity contribution < 1.29 is 9.59 Å². The van der Waals surface area contributed by atoms with Crippen LogP contribution in [-0.2, 0) is 4.79 Å². The first-order valence-electron chi connectivity index (χ1n) is 10.8. The zero-order valence-electron chi connectivity index (χ0n) is 17.6. The Morgan fingerprint density at radius 3 is 2.60 bits per heavy atom. The molecule has 1 aliphatic carbocycles. The Morgan fingerprint density at radius 1 is 1.07 bits per heavy atom. The Balaban J connectivity index is 0.00000256. The van der Waals surface area contributed by atoms with Crippen LogP contribution in [0.15, 0.2) is 42.5 Å². The highest BCUT2D eigenvalue weighted by Gasteiger charge is 2.40. The third-order valence-electron chi connectivity index (χ3n) is 6.63. The molecule has 0 spiro atoms. The number of amides is 2. The lowest BCUT2D eigenvalue weighted by Gasteiger charge is -2.42. The van der Waals surface area contributed by atoms with E-state index < -0.39 is 5.54 Å². The highest BCUT2D eigenvalue weighted by Crippen LogP contribution is 2.33. The van der Waals surface area contributed by atoms with Gasteiger partial charge in [0.25, 0.3) is 5.91 Å². The number of hydrogen-bond acceptors (Lipinski definition) is 3. The summed E-state index contributed by atoms with van der Waals surface area (Å²) in [5.41, 5.74) is 6.69. The molecule has 1 saturated heterocycles. The van der Waals surface area contributed by atoms with E-state index in [9.17, 15) is 9.59 Å². The molecule has 0 aromatic heterocycles. The summed E-state index contributed by atoms with van der Waals surface area (Å²) in [4.78, 5) is 27.9. The predicted octanol–water partition coefficient (Wildman–Crippen LogP) is 3.89. The normalized spacial score (nSPS) is 26.7. The van der Waals surface area contributed by atoms with Gasteiger partial charge >= 0.3 is 0 Å². The summed E-state index contributed by atoms with van der Waals surface area (Å²) < 4.78 is 0. The van der Waals surface area contributed by atoms with Gasteiger partial charge in [-0.15, -0.1) is 12.4 Å². The number of benzene rings is 2. The molecule has 1 saturated carbocycles. The van der Waals surface area contributed by atoms with Crippen LogP contribution in [0.4, 0.5) is 0 Å². The van der Waals surface area contributed by atoms with Crippen molar-refractivity contribution in [1.29, 1.82) is 0 Å². The summed E-state index contributed by atoms with van der Waals surface area (Å²) in [6, 6.07) is 13.8. The van der Waals surface area contributed by atoms with E-state index in [1.54, 1.807) is 0 Å². The number of carbonyl (C=O) groups is 2. The molecule has 3 atom stereocenters. The molecule has 2 amide bonds. The van der Waals surface area contributed by atoms with Crippen molar-refractivity contribution in [3.8, 4) is 0 Å². The Hall–Kier alpha value is -2.11. The predicted molar refractivity (Wildman–Crippen MR) is 123 cm³/mol. The SMILES string of the molecule is CC1(N)CCCCC1C(=O)N1CCCC(NC(=O)c2ccc3ccccc3c2)C1.Cl. The zero-order chi connectivity index (χ0) is 20.4. The lowest BCUT2D eigenvalue weighted by Crippen LogP contribution is -2.57. The van der Waals surface area contributed by atoms with E-state index >= 15 is 0 Å². The van der Waals surface area contributed by atoms with E-state index in [-0.39, 0.29) is 36.2 Å². The van der Waals surface area contributed by atoms with Crippen molar-refractivity contribution in [2.45, 2.75) is 57.0 Å². The van der Waals surface area contributed by atoms with Gasteiger partial charge in [-0.2, -0.15) is 0 Å². The maximum atomic E-state index is 13.1. The minimum Gasteiger partial charge on any atom is -0.348 e. The van der Waals surface area contributed by atoms with Crippen LogP contribution >= 0.6 is 12.4 Å². The molecule has 5 nitrogen and oxygen atoms in total. The zero-order valence-corrected chi connectivity index (χ0v) is 18.4. The van der Waals surface area contributed by atoms with Crippen LogP contribution in [0, 0.1) is 5.92 Å². The molecule has 0 bridgehead atoms. The van der Waals surface area contributed by atoms with Crippen LogP contribution in [0.25, 0.3) is 10.8 Å². The maximum Gasteiger partial charge on any atom is 0.251 e. The van der Waals surface area contributed by atoms with E-state index in [4.69, 9.17) is 5.73 Å². The van der Waals surface area contributed by atoms with Crippen molar-refractivity contribution in [2.24, 2.45) is 11.7 Å². The topological polar surface area (TPSA) is 75.4 Å². The number of hydrogen-bond donors (Lipinski definition) is 2. The standard InChI is InChI=1S/C24H31N3O2.ClH/c1-24(25)13-5-4-10-21(24)23(29)27-14-6-9-20(16-27)26-22(28)19-12-11-17-7-2-3-8-18(17)15-19;/h2-3,7-8,11-12,15,20-21H,4-6,9-10,13-14,16,25H2,1H3,(H,26,28);1H. The number of likely N-dealkylation sites (tertiary alicyclic amines) is 1. The van der Waals surface area contributed by atoms with Gasteiger partial charge in [-0.1, -0.05) is 43.2 Å². The van der Waals surface area contributed by atoms with Gasteiger partial charge in [-0.25, -0.2) is 0 Å². The van der Waals surface area contributed by atoms with Gasteiger partial charge in [0.1, 0.15) is 0 Å². The summed E-state index contributed by atoms with van der Waals surface area (Å²) >= 11 is 0. The van der Waals surface area contributed by atoms with Gasteiger partial charge in [0.05, 0.1) is 5.92 Å². The second kappa shape index (κ2) is 9.36. The number of rotatable bonds is 3. The molecule has 6 heteroatoms. The van der Waals surface area contributed by atoms with Gasteiger partial charge in [0, 0.05) is 30.2 Å². The first-order chi connectivity index (χ1) is 13.9. The van der Waals surface area contributed by atoms with Gasteiger partial charge in [0.2, 0.25) is 5.91 Å². The number of carbonyl (C=O) groups excluding carboxylic acids is 2. The van der Waals surface area contributed by atoms with Crippen LogP contribution in [-0.4, -0.2) is 41.4 Å². The van der Waals surface area contributed by atoms with Gasteiger partial charge in [-0.05, 0) is 55.5 Å². The van der Waals surface area contributed by atoms with Crippen LogP contribution in [0.1, 0.15) is 55.8 Å². The molecule has 162 valence electrons. The highest BCUT2D eigenvalue weighted by atomic mass is 35.5. The number of halogens is 1. The second-order valence-corrected chi connectivity index (χ2v) is 8.96. The number of nitrogens with zero attached hydrogens (tertiary/aromatic N) is 1. The summed E-state index contributed by atoms with van der Waals surface area (Å²) in [6.07, 6.45) is 5.74. The summed E-state index contributed by atoms with van der Waals surface area (Å²) in [5.74, 6) is -0.0121. The molecule has 2 fully saturated rings. The second-order valence-electron chi connectivity index (χ2n) is 8.96. The maximum absolute atomic E-state index is 13.1. The number of nitrogens with one attached hydrogen (secondary N) is 1. The average molecular weight is 430 g/mol. The van der Waals surface area contributed by atoms with E-state index in [1.165, 1.54) is 0 Å². The number of fused-ring (bicyclic) bond motifs is 1. The Kier molecular flexibility index (Phi) is 7.04. The van der Waals surface area contributed by atoms with Crippen molar-refractivity contribution in [3.63, 3.8) is 0 Å². The molecule has 0 radical (unpaired) electrons. The third-order valence-corrected chi connectivity index (χ3v) is 6.63. The molecular formula is C24H32ClN3O2. The summed E-state index contributed by atoms with van der Waals surface area (Å²) in [6.45, 7) is 3.34. The fourth-order valence-electron chi connectivity index (χ4n) is 4.88. The van der Waals surface area contributed by atoms with E-state index in [2.05, 4.69) is 5.32 Å². The minimum absolute atomic E-state index is 0. The van der Waals surface area contributed by atoms with Crippen molar-refractivity contribution in [3.05, 3.63) is 48.0 Å². The molecular weight excluding hydrogens is 398 g/mol. The first kappa shape index (κ1) is 22.6. The largest absolute Gasteiger partial charge is 0.348 e. The van der Waals surface area contributed by atoms with Crippen LogP contribution in [0.2, 0.25) is 0 Å². The van der Waals surface area contributed by atoms with Crippen molar-refractivity contribution >= 4 is 35.0 Å². The van der Waals surface area contributed by atoms with Crippen LogP contribution < -0.4 is 11.1 Å². The number of piperidine rings is 1. The number of nitrogens with two attached hydrogens (primary N) is 1.